The number of nitrogens with one attached hydrogen (secondary N) is 2. The molecular weight excluding hydrogens is 385 g/mol. The lowest BCUT2D eigenvalue weighted by atomic mass is 10.1. The van der Waals surface area contributed by atoms with Crippen molar-refractivity contribution in [1.29, 1.82) is 0 Å². The highest BCUT2D eigenvalue weighted by Crippen LogP contribution is 2.19. The van der Waals surface area contributed by atoms with Crippen LogP contribution in [0.5, 0.6) is 11.6 Å². The molecule has 2 aromatic heterocycles. The van der Waals surface area contributed by atoms with Gasteiger partial charge in [-0.15, -0.1) is 0 Å². The van der Waals surface area contributed by atoms with Crippen molar-refractivity contribution < 1.29 is 13.7 Å². The van der Waals surface area contributed by atoms with Gasteiger partial charge in [-0.05, 0) is 36.2 Å². The Kier molecular flexibility index (Phi) is 7.37. The number of pyridine rings is 1. The second kappa shape index (κ2) is 10.4. The van der Waals surface area contributed by atoms with Crippen molar-refractivity contribution in [2.24, 2.45) is 4.99 Å². The van der Waals surface area contributed by atoms with Gasteiger partial charge in [-0.2, -0.15) is 0 Å². The van der Waals surface area contributed by atoms with Crippen LogP contribution in [0, 0.1) is 5.82 Å². The van der Waals surface area contributed by atoms with Gasteiger partial charge in [0.1, 0.15) is 17.3 Å². The van der Waals surface area contributed by atoms with E-state index >= 15 is 0 Å². The number of ether oxygens (including phenoxy) is 1. The molecule has 0 aliphatic heterocycles. The van der Waals surface area contributed by atoms with Crippen molar-refractivity contribution >= 4 is 5.96 Å². The molecule has 0 fully saturated rings. The largest absolute Gasteiger partial charge is 0.439 e. The molecule has 0 bridgehead atoms. The number of aromatic nitrogens is 2. The first-order valence-corrected chi connectivity index (χ1v) is 9.92. The number of halogens is 1. The van der Waals surface area contributed by atoms with Gasteiger partial charge in [0, 0.05) is 44.4 Å². The standard InChI is InChI=1S/C22H26FN5O2/c1-4-19-18(20(5-2)30-28-19)14-27-22(24-3)26-13-15-6-11-21(25-12-15)29-17-9-7-16(23)8-10-17/h6-12H,4-5,13-14H2,1-3H3,(H2,24,26,27). The van der Waals surface area contributed by atoms with Crippen LogP contribution in [0.4, 0.5) is 4.39 Å². The predicted octanol–water partition coefficient (Wildman–Crippen LogP) is 3.99. The number of rotatable bonds is 8. The molecule has 0 atom stereocenters. The first kappa shape index (κ1) is 21.3. The molecule has 1 aromatic carbocycles. The molecule has 0 radical (unpaired) electrons. The Morgan fingerprint density at radius 1 is 1.07 bits per heavy atom. The highest BCUT2D eigenvalue weighted by Gasteiger charge is 2.13. The maximum absolute atomic E-state index is 13.0. The zero-order chi connectivity index (χ0) is 21.3. The third-order valence-corrected chi connectivity index (χ3v) is 4.56. The summed E-state index contributed by atoms with van der Waals surface area (Å²) in [5, 5.41) is 10.7. The van der Waals surface area contributed by atoms with Gasteiger partial charge < -0.3 is 19.9 Å². The highest BCUT2D eigenvalue weighted by molar-refractivity contribution is 5.79. The Balaban J connectivity index is 1.52. The summed E-state index contributed by atoms with van der Waals surface area (Å²) < 4.78 is 24.0. The zero-order valence-electron chi connectivity index (χ0n) is 17.4. The number of aliphatic imine (C=N–C) groups is 1. The molecule has 0 saturated heterocycles. The Morgan fingerprint density at radius 2 is 1.83 bits per heavy atom. The quantitative estimate of drug-likeness (QED) is 0.431. The van der Waals surface area contributed by atoms with Crippen molar-refractivity contribution in [3.05, 3.63) is 71.0 Å². The summed E-state index contributed by atoms with van der Waals surface area (Å²) in [7, 11) is 1.72. The predicted molar refractivity (Wildman–Crippen MR) is 113 cm³/mol. The van der Waals surface area contributed by atoms with E-state index in [9.17, 15) is 4.39 Å². The van der Waals surface area contributed by atoms with E-state index in [1.54, 1.807) is 31.4 Å². The molecular formula is C22H26FN5O2. The minimum absolute atomic E-state index is 0.306. The first-order chi connectivity index (χ1) is 14.6. The number of benzene rings is 1. The molecule has 2 N–H and O–H groups in total. The van der Waals surface area contributed by atoms with Gasteiger partial charge in [-0.1, -0.05) is 25.1 Å². The van der Waals surface area contributed by atoms with Crippen LogP contribution in [-0.2, 0) is 25.9 Å². The topological polar surface area (TPSA) is 84.6 Å². The third kappa shape index (κ3) is 5.56. The molecule has 3 aromatic rings. The Labute approximate surface area is 175 Å². The third-order valence-electron chi connectivity index (χ3n) is 4.56. The summed E-state index contributed by atoms with van der Waals surface area (Å²) in [6.07, 6.45) is 3.35. The maximum Gasteiger partial charge on any atom is 0.219 e. The second-order valence-corrected chi connectivity index (χ2v) is 6.58. The lowest BCUT2D eigenvalue weighted by Gasteiger charge is -2.12. The van der Waals surface area contributed by atoms with Crippen LogP contribution >= 0.6 is 0 Å². The van der Waals surface area contributed by atoms with Crippen LogP contribution in [0.3, 0.4) is 0 Å². The van der Waals surface area contributed by atoms with Gasteiger partial charge in [-0.3, -0.25) is 4.99 Å². The van der Waals surface area contributed by atoms with Crippen LogP contribution in [0.1, 0.15) is 36.4 Å². The van der Waals surface area contributed by atoms with Gasteiger partial charge in [0.25, 0.3) is 0 Å². The molecule has 3 rings (SSSR count). The highest BCUT2D eigenvalue weighted by atomic mass is 19.1. The van der Waals surface area contributed by atoms with Gasteiger partial charge >= 0.3 is 0 Å². The van der Waals surface area contributed by atoms with E-state index in [1.165, 1.54) is 12.1 Å². The van der Waals surface area contributed by atoms with E-state index in [0.29, 0.717) is 30.7 Å². The molecule has 0 amide bonds. The molecule has 0 unspecified atom stereocenters. The zero-order valence-corrected chi connectivity index (χ0v) is 17.4. The molecule has 30 heavy (non-hydrogen) atoms. The molecule has 0 saturated carbocycles. The molecule has 0 spiro atoms. The average molecular weight is 411 g/mol. The summed E-state index contributed by atoms with van der Waals surface area (Å²) in [5.74, 6) is 2.24. The number of hydrogen-bond acceptors (Lipinski definition) is 5. The van der Waals surface area contributed by atoms with Gasteiger partial charge in [-0.25, -0.2) is 9.37 Å². The molecule has 2 heterocycles. The summed E-state index contributed by atoms with van der Waals surface area (Å²) in [5.41, 5.74) is 3.03. The van der Waals surface area contributed by atoms with Crippen molar-refractivity contribution in [2.75, 3.05) is 7.05 Å². The summed E-state index contributed by atoms with van der Waals surface area (Å²) in [6, 6.07) is 9.50. The van der Waals surface area contributed by atoms with Crippen molar-refractivity contribution in [3.63, 3.8) is 0 Å². The summed E-state index contributed by atoms with van der Waals surface area (Å²) >= 11 is 0. The average Bonchev–Trinajstić information content (AvgIpc) is 3.18. The normalized spacial score (nSPS) is 11.4. The van der Waals surface area contributed by atoms with Crippen molar-refractivity contribution in [1.82, 2.24) is 20.8 Å². The lowest BCUT2D eigenvalue weighted by molar-refractivity contribution is 0.380. The van der Waals surface area contributed by atoms with Crippen LogP contribution < -0.4 is 15.4 Å². The Bertz CT molecular complexity index is 947. The maximum atomic E-state index is 13.0. The van der Waals surface area contributed by atoms with Crippen LogP contribution in [-0.4, -0.2) is 23.1 Å². The fraction of sp³-hybridized carbons (Fsp3) is 0.318. The van der Waals surface area contributed by atoms with E-state index in [1.807, 2.05) is 13.0 Å². The van der Waals surface area contributed by atoms with Gasteiger partial charge in [0.15, 0.2) is 5.96 Å². The first-order valence-electron chi connectivity index (χ1n) is 9.92. The van der Waals surface area contributed by atoms with E-state index < -0.39 is 0 Å². The minimum atomic E-state index is -0.306. The van der Waals surface area contributed by atoms with Crippen LogP contribution in [0.2, 0.25) is 0 Å². The Morgan fingerprint density at radius 3 is 2.47 bits per heavy atom. The van der Waals surface area contributed by atoms with Crippen molar-refractivity contribution in [2.45, 2.75) is 39.8 Å². The molecule has 0 aliphatic rings. The van der Waals surface area contributed by atoms with E-state index in [2.05, 4.69) is 32.7 Å². The fourth-order valence-electron chi connectivity index (χ4n) is 2.92. The SMILES string of the molecule is CCc1noc(CC)c1CNC(=NC)NCc1ccc(Oc2ccc(F)cc2)nc1. The minimum Gasteiger partial charge on any atom is -0.439 e. The van der Waals surface area contributed by atoms with Crippen molar-refractivity contribution in [3.8, 4) is 11.6 Å². The van der Waals surface area contributed by atoms with Gasteiger partial charge in [0.2, 0.25) is 5.88 Å². The number of guanidine groups is 1. The molecule has 0 aliphatic carbocycles. The molecule has 8 heteroatoms. The van der Waals surface area contributed by atoms with E-state index in [0.717, 1.165) is 35.4 Å². The van der Waals surface area contributed by atoms with Gasteiger partial charge in [0.05, 0.1) is 5.69 Å². The molecule has 158 valence electrons. The monoisotopic (exact) mass is 411 g/mol. The fourth-order valence-corrected chi connectivity index (χ4v) is 2.92. The van der Waals surface area contributed by atoms with E-state index in [-0.39, 0.29) is 5.82 Å². The Hall–Kier alpha value is -3.42. The smallest absolute Gasteiger partial charge is 0.219 e. The lowest BCUT2D eigenvalue weighted by Crippen LogP contribution is -2.36. The number of nitrogens with zero attached hydrogens (tertiary/aromatic N) is 3. The number of aryl methyl sites for hydroxylation is 2. The van der Waals surface area contributed by atoms with Crippen LogP contribution in [0.25, 0.3) is 0 Å². The van der Waals surface area contributed by atoms with E-state index in [4.69, 9.17) is 9.26 Å². The number of hydrogen-bond donors (Lipinski definition) is 2. The second-order valence-electron chi connectivity index (χ2n) is 6.58. The summed E-state index contributed by atoms with van der Waals surface area (Å²) in [6.45, 7) is 5.25. The van der Waals surface area contributed by atoms with Crippen LogP contribution in [0.15, 0.2) is 52.1 Å². The molecule has 7 nitrogen and oxygen atoms in total. The summed E-state index contributed by atoms with van der Waals surface area (Å²) in [4.78, 5) is 8.56.